The van der Waals surface area contributed by atoms with Gasteiger partial charge in [0.25, 0.3) is 5.91 Å². The Balaban J connectivity index is 1.58. The van der Waals surface area contributed by atoms with Crippen molar-refractivity contribution in [3.8, 4) is 5.75 Å². The Morgan fingerprint density at radius 1 is 1.24 bits per heavy atom. The summed E-state index contributed by atoms with van der Waals surface area (Å²) in [5, 5.41) is 1.91. The van der Waals surface area contributed by atoms with E-state index in [1.54, 1.807) is 0 Å². The predicted molar refractivity (Wildman–Crippen MR) is 99.3 cm³/mol. The summed E-state index contributed by atoms with van der Waals surface area (Å²) in [4.78, 5) is 27.5. The van der Waals surface area contributed by atoms with Crippen molar-refractivity contribution in [1.29, 1.82) is 0 Å². The first-order chi connectivity index (χ1) is 12.2. The zero-order valence-electron chi connectivity index (χ0n) is 14.4. The van der Waals surface area contributed by atoms with Crippen LogP contribution in [0.3, 0.4) is 0 Å². The number of hydrogen-bond acceptors (Lipinski definition) is 4. The number of benzene rings is 1. The number of nitrogens with zero attached hydrogens (tertiary/aromatic N) is 1. The standard InChI is InChI=1S/C20H23NO3S/c1-2-15-7-3-4-9-18(15)24-14-20(23)21-11-5-8-16(21)13-17(22)19-10-6-12-25-19/h3-4,6-7,9-10,12,16H,2,5,8,11,13-14H2,1H3/t16-/m1/s1. The molecular weight excluding hydrogens is 334 g/mol. The molecule has 25 heavy (non-hydrogen) atoms. The van der Waals surface area contributed by atoms with E-state index in [4.69, 9.17) is 4.74 Å². The second-order valence-corrected chi connectivity index (χ2v) is 7.19. The largest absolute Gasteiger partial charge is 0.483 e. The average molecular weight is 357 g/mol. The number of amides is 1. The summed E-state index contributed by atoms with van der Waals surface area (Å²) in [5.41, 5.74) is 1.10. The van der Waals surface area contributed by atoms with Crippen LogP contribution in [0.4, 0.5) is 0 Å². The zero-order chi connectivity index (χ0) is 17.6. The summed E-state index contributed by atoms with van der Waals surface area (Å²) in [6, 6.07) is 11.5. The third-order valence-electron chi connectivity index (χ3n) is 4.62. The number of para-hydroxylation sites is 1. The topological polar surface area (TPSA) is 46.6 Å². The lowest BCUT2D eigenvalue weighted by Crippen LogP contribution is -2.39. The van der Waals surface area contributed by atoms with E-state index in [0.29, 0.717) is 13.0 Å². The summed E-state index contributed by atoms with van der Waals surface area (Å²) in [6.45, 7) is 2.80. The highest BCUT2D eigenvalue weighted by atomic mass is 32.1. The van der Waals surface area contributed by atoms with Crippen molar-refractivity contribution in [2.75, 3.05) is 13.2 Å². The molecule has 2 heterocycles. The van der Waals surface area contributed by atoms with Gasteiger partial charge in [0, 0.05) is 19.0 Å². The fourth-order valence-corrected chi connectivity index (χ4v) is 3.96. The molecule has 1 amide bonds. The quantitative estimate of drug-likeness (QED) is 0.705. The van der Waals surface area contributed by atoms with Crippen LogP contribution in [0.15, 0.2) is 41.8 Å². The molecule has 1 aromatic carbocycles. The Morgan fingerprint density at radius 2 is 2.08 bits per heavy atom. The van der Waals surface area contributed by atoms with E-state index >= 15 is 0 Å². The number of ketones is 1. The maximum atomic E-state index is 12.6. The number of aryl methyl sites for hydroxylation is 1. The van der Waals surface area contributed by atoms with E-state index in [0.717, 1.165) is 35.5 Å². The van der Waals surface area contributed by atoms with Gasteiger partial charge in [0.1, 0.15) is 5.75 Å². The van der Waals surface area contributed by atoms with Crippen molar-refractivity contribution in [2.45, 2.75) is 38.6 Å². The molecular formula is C20H23NO3S. The highest BCUT2D eigenvalue weighted by Gasteiger charge is 2.31. The molecule has 1 aliphatic heterocycles. The van der Waals surface area contributed by atoms with Crippen LogP contribution in [0.5, 0.6) is 5.75 Å². The van der Waals surface area contributed by atoms with Crippen LogP contribution >= 0.6 is 11.3 Å². The first-order valence-corrected chi connectivity index (χ1v) is 9.64. The number of Topliss-reactive ketones (excluding diaryl/α,β-unsaturated/α-hetero) is 1. The second kappa shape index (κ2) is 8.30. The number of hydrogen-bond donors (Lipinski definition) is 0. The van der Waals surface area contributed by atoms with E-state index < -0.39 is 0 Å². The van der Waals surface area contributed by atoms with Gasteiger partial charge in [-0.3, -0.25) is 9.59 Å². The molecule has 4 nitrogen and oxygen atoms in total. The van der Waals surface area contributed by atoms with Crippen LogP contribution in [0.1, 0.15) is 41.4 Å². The minimum absolute atomic E-state index is 0.00730. The van der Waals surface area contributed by atoms with Gasteiger partial charge in [-0.1, -0.05) is 31.2 Å². The first kappa shape index (κ1) is 17.7. The van der Waals surface area contributed by atoms with E-state index in [1.165, 1.54) is 11.3 Å². The maximum absolute atomic E-state index is 12.6. The molecule has 5 heteroatoms. The molecule has 1 atom stereocenters. The van der Waals surface area contributed by atoms with Gasteiger partial charge >= 0.3 is 0 Å². The molecule has 0 spiro atoms. The minimum atomic E-state index is -0.0348. The number of ether oxygens (including phenoxy) is 1. The Labute approximate surface area is 152 Å². The Hall–Kier alpha value is -2.14. The fourth-order valence-electron chi connectivity index (χ4n) is 3.29. The minimum Gasteiger partial charge on any atom is -0.483 e. The summed E-state index contributed by atoms with van der Waals surface area (Å²) in [7, 11) is 0. The first-order valence-electron chi connectivity index (χ1n) is 8.76. The summed E-state index contributed by atoms with van der Waals surface area (Å²) in [5.74, 6) is 0.855. The predicted octanol–water partition coefficient (Wildman–Crippen LogP) is 3.95. The van der Waals surface area contributed by atoms with Gasteiger partial charge in [0.05, 0.1) is 4.88 Å². The van der Waals surface area contributed by atoms with Crippen LogP contribution in [0.2, 0.25) is 0 Å². The van der Waals surface area contributed by atoms with Gasteiger partial charge in [0.2, 0.25) is 0 Å². The van der Waals surface area contributed by atoms with E-state index in [-0.39, 0.29) is 24.3 Å². The van der Waals surface area contributed by atoms with Gasteiger partial charge in [-0.2, -0.15) is 0 Å². The molecule has 0 unspecified atom stereocenters. The third kappa shape index (κ3) is 4.28. The second-order valence-electron chi connectivity index (χ2n) is 6.24. The van der Waals surface area contributed by atoms with Crippen LogP contribution in [-0.4, -0.2) is 35.8 Å². The number of rotatable bonds is 7. The summed E-state index contributed by atoms with van der Waals surface area (Å²) in [6.07, 6.45) is 3.10. The molecule has 1 fully saturated rings. The number of thiophene rings is 1. The van der Waals surface area contributed by atoms with Crippen LogP contribution in [0, 0.1) is 0 Å². The van der Waals surface area contributed by atoms with Crippen LogP contribution in [-0.2, 0) is 11.2 Å². The molecule has 1 aliphatic rings. The van der Waals surface area contributed by atoms with Gasteiger partial charge in [-0.15, -0.1) is 11.3 Å². The smallest absolute Gasteiger partial charge is 0.260 e. The summed E-state index contributed by atoms with van der Waals surface area (Å²) < 4.78 is 5.75. The zero-order valence-corrected chi connectivity index (χ0v) is 15.3. The van der Waals surface area contributed by atoms with Crippen LogP contribution in [0.25, 0.3) is 0 Å². The van der Waals surface area contributed by atoms with Crippen LogP contribution < -0.4 is 4.74 Å². The van der Waals surface area contributed by atoms with Gasteiger partial charge < -0.3 is 9.64 Å². The molecule has 0 N–H and O–H groups in total. The van der Waals surface area contributed by atoms with Crippen molar-refractivity contribution in [1.82, 2.24) is 4.90 Å². The SMILES string of the molecule is CCc1ccccc1OCC(=O)N1CCC[C@@H]1CC(=O)c1cccs1. The fraction of sp³-hybridized carbons (Fsp3) is 0.400. The van der Waals surface area contributed by atoms with Crippen molar-refractivity contribution in [3.05, 3.63) is 52.2 Å². The Bertz CT molecular complexity index is 726. The van der Waals surface area contributed by atoms with E-state index in [2.05, 4.69) is 6.92 Å². The van der Waals surface area contributed by atoms with Gasteiger partial charge in [0.15, 0.2) is 12.4 Å². The molecule has 3 rings (SSSR count). The molecule has 1 saturated heterocycles. The number of carbonyl (C=O) groups is 2. The lowest BCUT2D eigenvalue weighted by Gasteiger charge is -2.24. The lowest BCUT2D eigenvalue weighted by molar-refractivity contribution is -0.134. The molecule has 0 bridgehead atoms. The van der Waals surface area contributed by atoms with Crippen molar-refractivity contribution < 1.29 is 14.3 Å². The lowest BCUT2D eigenvalue weighted by atomic mass is 10.1. The van der Waals surface area contributed by atoms with E-state index in [9.17, 15) is 9.59 Å². The number of likely N-dealkylation sites (tertiary alicyclic amines) is 1. The molecule has 0 aliphatic carbocycles. The Morgan fingerprint density at radius 3 is 2.84 bits per heavy atom. The highest BCUT2D eigenvalue weighted by molar-refractivity contribution is 7.12. The molecule has 2 aromatic rings. The normalized spacial score (nSPS) is 16.8. The third-order valence-corrected chi connectivity index (χ3v) is 5.53. The molecule has 0 radical (unpaired) electrons. The molecule has 0 saturated carbocycles. The summed E-state index contributed by atoms with van der Waals surface area (Å²) >= 11 is 1.46. The van der Waals surface area contributed by atoms with Crippen molar-refractivity contribution in [2.24, 2.45) is 0 Å². The Kier molecular flexibility index (Phi) is 5.87. The average Bonchev–Trinajstić information content (AvgIpc) is 3.31. The number of carbonyl (C=O) groups excluding carboxylic acids is 2. The van der Waals surface area contributed by atoms with Crippen molar-refractivity contribution >= 4 is 23.0 Å². The highest BCUT2D eigenvalue weighted by Crippen LogP contribution is 2.24. The monoisotopic (exact) mass is 357 g/mol. The molecule has 1 aromatic heterocycles. The molecule has 132 valence electrons. The van der Waals surface area contributed by atoms with E-state index in [1.807, 2.05) is 46.7 Å². The van der Waals surface area contributed by atoms with Crippen molar-refractivity contribution in [3.63, 3.8) is 0 Å². The van der Waals surface area contributed by atoms with Gasteiger partial charge in [-0.25, -0.2) is 0 Å². The van der Waals surface area contributed by atoms with Gasteiger partial charge in [-0.05, 0) is 42.3 Å². The maximum Gasteiger partial charge on any atom is 0.260 e.